The van der Waals surface area contributed by atoms with E-state index in [0.717, 1.165) is 24.1 Å². The highest BCUT2D eigenvalue weighted by Gasteiger charge is 2.35. The molecule has 0 saturated carbocycles. The Bertz CT molecular complexity index is 891. The van der Waals surface area contributed by atoms with E-state index in [0.29, 0.717) is 19.4 Å². The van der Waals surface area contributed by atoms with Gasteiger partial charge in [0.05, 0.1) is 12.6 Å². The van der Waals surface area contributed by atoms with Crippen LogP contribution in [0.1, 0.15) is 65.4 Å². The summed E-state index contributed by atoms with van der Waals surface area (Å²) in [5.74, 6) is -0.529. The first-order valence-corrected chi connectivity index (χ1v) is 12.9. The number of aliphatic hydroxyl groups is 1. The molecule has 1 aliphatic heterocycles. The van der Waals surface area contributed by atoms with E-state index in [4.69, 9.17) is 10.5 Å². The largest absolute Gasteiger partial charge is 0.444 e. The van der Waals surface area contributed by atoms with E-state index < -0.39 is 29.8 Å². The number of nitrogens with one attached hydrogen (secondary N) is 2. The summed E-state index contributed by atoms with van der Waals surface area (Å²) >= 11 is 0. The number of benzene rings is 1. The molecule has 0 unspecified atom stereocenters. The Kier molecular flexibility index (Phi) is 11.2. The summed E-state index contributed by atoms with van der Waals surface area (Å²) in [5, 5.41) is 16.0. The van der Waals surface area contributed by atoms with E-state index in [1.54, 1.807) is 11.8 Å². The second-order valence-electron chi connectivity index (χ2n) is 10.7. The number of carbonyl (C=O) groups excluding carboxylic acids is 3. The molecular formula is C27H44N4O5. The summed E-state index contributed by atoms with van der Waals surface area (Å²) in [5.41, 5.74) is 7.60. The van der Waals surface area contributed by atoms with Crippen molar-refractivity contribution in [1.82, 2.24) is 10.6 Å². The van der Waals surface area contributed by atoms with Crippen LogP contribution in [0.2, 0.25) is 0 Å². The summed E-state index contributed by atoms with van der Waals surface area (Å²) in [7, 11) is 1.50. The van der Waals surface area contributed by atoms with Gasteiger partial charge >= 0.3 is 6.09 Å². The van der Waals surface area contributed by atoms with Crippen molar-refractivity contribution >= 4 is 23.6 Å². The first-order chi connectivity index (χ1) is 17.0. The lowest BCUT2D eigenvalue weighted by atomic mass is 9.79. The van der Waals surface area contributed by atoms with Gasteiger partial charge in [0.15, 0.2) is 0 Å². The van der Waals surface area contributed by atoms with Crippen molar-refractivity contribution < 1.29 is 24.2 Å². The van der Waals surface area contributed by atoms with E-state index >= 15 is 0 Å². The Morgan fingerprint density at radius 3 is 2.64 bits per heavy atom. The van der Waals surface area contributed by atoms with E-state index in [-0.39, 0.29) is 37.1 Å². The summed E-state index contributed by atoms with van der Waals surface area (Å²) in [6, 6.07) is 7.05. The van der Waals surface area contributed by atoms with E-state index in [2.05, 4.69) is 17.6 Å². The summed E-state index contributed by atoms with van der Waals surface area (Å²) in [4.78, 5) is 39.1. The quantitative estimate of drug-likeness (QED) is 0.324. The minimum Gasteiger partial charge on any atom is -0.444 e. The van der Waals surface area contributed by atoms with Crippen molar-refractivity contribution in [3.8, 4) is 0 Å². The molecule has 1 aromatic carbocycles. The molecule has 1 aromatic rings. The van der Waals surface area contributed by atoms with Gasteiger partial charge in [0, 0.05) is 44.1 Å². The number of alkyl carbamates (subject to hydrolysis) is 1. The second kappa shape index (κ2) is 13.6. The van der Waals surface area contributed by atoms with Crippen LogP contribution >= 0.6 is 0 Å². The van der Waals surface area contributed by atoms with Crippen molar-refractivity contribution in [1.29, 1.82) is 0 Å². The summed E-state index contributed by atoms with van der Waals surface area (Å²) in [6.07, 6.45) is 1.52. The lowest BCUT2D eigenvalue weighted by molar-refractivity contribution is -0.125. The van der Waals surface area contributed by atoms with Crippen LogP contribution in [0, 0.1) is 11.3 Å². The Morgan fingerprint density at radius 1 is 1.28 bits per heavy atom. The normalized spacial score (nSPS) is 18.0. The number of amides is 3. The maximum Gasteiger partial charge on any atom is 0.407 e. The van der Waals surface area contributed by atoms with Gasteiger partial charge in [-0.05, 0) is 36.3 Å². The number of unbranched alkanes of at least 4 members (excludes halogenated alkanes) is 1. The average Bonchev–Trinajstić information content (AvgIpc) is 2.82. The van der Waals surface area contributed by atoms with Gasteiger partial charge < -0.3 is 31.1 Å². The van der Waals surface area contributed by atoms with Gasteiger partial charge in [-0.15, -0.1) is 0 Å². The number of carbonyl (C=O) groups is 3. The first-order valence-electron chi connectivity index (χ1n) is 12.9. The zero-order valence-corrected chi connectivity index (χ0v) is 22.4. The monoisotopic (exact) mass is 504 g/mol. The van der Waals surface area contributed by atoms with E-state index in [1.807, 2.05) is 38.1 Å². The molecule has 1 aliphatic rings. The fourth-order valence-corrected chi connectivity index (χ4v) is 4.64. The van der Waals surface area contributed by atoms with Crippen LogP contribution in [0.15, 0.2) is 24.3 Å². The fraction of sp³-hybridized carbons (Fsp3) is 0.667. The number of para-hydroxylation sites is 1. The number of aliphatic hydroxyl groups excluding tert-OH is 1. The number of anilines is 1. The van der Waals surface area contributed by atoms with Crippen LogP contribution in [0.3, 0.4) is 0 Å². The first kappa shape index (κ1) is 29.6. The van der Waals surface area contributed by atoms with Crippen molar-refractivity contribution in [3.05, 3.63) is 29.8 Å². The molecule has 36 heavy (non-hydrogen) atoms. The minimum atomic E-state index is -0.854. The molecule has 0 spiro atoms. The molecule has 0 fully saturated rings. The van der Waals surface area contributed by atoms with Crippen LogP contribution in [0.5, 0.6) is 0 Å². The highest BCUT2D eigenvalue weighted by molar-refractivity contribution is 5.95. The zero-order valence-electron chi connectivity index (χ0n) is 22.4. The van der Waals surface area contributed by atoms with E-state index in [1.165, 1.54) is 7.05 Å². The SMILES string of the molecule is CCCCNC(=O)[C@H](C)C[C@H](O)[C@@H](N)CC(C)(C)CC(=O)N1C[C@H](OC(=O)NC)Cc2ccccc21. The van der Waals surface area contributed by atoms with Crippen molar-refractivity contribution in [2.24, 2.45) is 17.1 Å². The van der Waals surface area contributed by atoms with Crippen molar-refractivity contribution in [2.45, 2.75) is 84.5 Å². The lowest BCUT2D eigenvalue weighted by Crippen LogP contribution is -2.47. The van der Waals surface area contributed by atoms with Crippen LogP contribution in [-0.2, 0) is 20.7 Å². The molecule has 9 nitrogen and oxygen atoms in total. The number of ether oxygens (including phenoxy) is 1. The van der Waals surface area contributed by atoms with Gasteiger partial charge in [0.1, 0.15) is 6.10 Å². The summed E-state index contributed by atoms with van der Waals surface area (Å²) in [6.45, 7) is 8.66. The molecule has 0 radical (unpaired) electrons. The minimum absolute atomic E-state index is 0.0820. The molecule has 0 bridgehead atoms. The Morgan fingerprint density at radius 2 is 1.97 bits per heavy atom. The van der Waals surface area contributed by atoms with Gasteiger partial charge in [-0.25, -0.2) is 4.79 Å². The maximum atomic E-state index is 13.4. The third kappa shape index (κ3) is 8.78. The number of fused-ring (bicyclic) bond motifs is 1. The van der Waals surface area contributed by atoms with E-state index in [9.17, 15) is 19.5 Å². The molecule has 5 N–H and O–H groups in total. The molecule has 1 heterocycles. The van der Waals surface area contributed by atoms with Crippen molar-refractivity contribution in [2.75, 3.05) is 25.0 Å². The van der Waals surface area contributed by atoms with Crippen LogP contribution in [0.4, 0.5) is 10.5 Å². The number of nitrogens with two attached hydrogens (primary N) is 1. The third-order valence-electron chi connectivity index (χ3n) is 6.68. The number of rotatable bonds is 12. The molecule has 2 rings (SSSR count). The Labute approximate surface area is 215 Å². The maximum absolute atomic E-state index is 13.4. The summed E-state index contributed by atoms with van der Waals surface area (Å²) < 4.78 is 5.46. The molecule has 9 heteroatoms. The number of hydrogen-bond donors (Lipinski definition) is 4. The highest BCUT2D eigenvalue weighted by atomic mass is 16.6. The van der Waals surface area contributed by atoms with Crippen molar-refractivity contribution in [3.63, 3.8) is 0 Å². The van der Waals surface area contributed by atoms with Gasteiger partial charge in [-0.1, -0.05) is 52.3 Å². The lowest BCUT2D eigenvalue weighted by Gasteiger charge is -2.37. The van der Waals surface area contributed by atoms with Crippen LogP contribution in [-0.4, -0.2) is 61.4 Å². The average molecular weight is 505 g/mol. The molecule has 0 aliphatic carbocycles. The van der Waals surface area contributed by atoms with Gasteiger partial charge in [-0.3, -0.25) is 9.59 Å². The van der Waals surface area contributed by atoms with Gasteiger partial charge in [-0.2, -0.15) is 0 Å². The third-order valence-corrected chi connectivity index (χ3v) is 6.68. The van der Waals surface area contributed by atoms with Gasteiger partial charge in [0.2, 0.25) is 11.8 Å². The highest BCUT2D eigenvalue weighted by Crippen LogP contribution is 2.33. The molecule has 4 atom stereocenters. The predicted octanol–water partition coefficient (Wildman–Crippen LogP) is 2.74. The predicted molar refractivity (Wildman–Crippen MR) is 141 cm³/mol. The molecule has 202 valence electrons. The second-order valence-corrected chi connectivity index (χ2v) is 10.7. The smallest absolute Gasteiger partial charge is 0.407 e. The molecular weight excluding hydrogens is 460 g/mol. The molecule has 3 amide bonds. The van der Waals surface area contributed by atoms with Gasteiger partial charge in [0.25, 0.3) is 0 Å². The van der Waals surface area contributed by atoms with Crippen LogP contribution in [0.25, 0.3) is 0 Å². The number of hydrogen-bond acceptors (Lipinski definition) is 6. The zero-order chi connectivity index (χ0) is 26.9. The van der Waals surface area contributed by atoms with Crippen LogP contribution < -0.4 is 21.3 Å². The molecule has 0 saturated heterocycles. The Balaban J connectivity index is 1.99. The number of nitrogens with zero attached hydrogens (tertiary/aromatic N) is 1. The standard InChI is InChI=1S/C27H44N4O5/c1-6-7-12-30-25(34)18(2)13-23(32)21(28)15-27(3,4)16-24(33)31-17-20(36-26(35)29-5)14-19-10-8-9-11-22(19)31/h8-11,18,20-21,23,32H,6-7,12-17,28H2,1-5H3,(H,29,35)(H,30,34)/t18-,20-,21+,23+/m1/s1. The fourth-order valence-electron chi connectivity index (χ4n) is 4.64. The topological polar surface area (TPSA) is 134 Å². The Hall–Kier alpha value is -2.65. The molecule has 0 aromatic heterocycles.